The van der Waals surface area contributed by atoms with Crippen molar-refractivity contribution in [2.45, 2.75) is 34.2 Å². The fraction of sp³-hybridized carbons (Fsp3) is 0.400. The number of hydrogen-bond donors (Lipinski definition) is 1. The Morgan fingerprint density at radius 3 is 2.17 bits per heavy atom. The third kappa shape index (κ3) is 1.85. The molecule has 0 saturated heterocycles. The summed E-state index contributed by atoms with van der Waals surface area (Å²) in [5.74, 6) is 0. The fourth-order valence-corrected chi connectivity index (χ4v) is 2.53. The van der Waals surface area contributed by atoms with Crippen molar-refractivity contribution >= 4 is 0 Å². The Morgan fingerprint density at radius 2 is 1.67 bits per heavy atom. The lowest BCUT2D eigenvalue weighted by molar-refractivity contribution is 0.712. The normalized spacial score (nSPS) is 11.0. The molecule has 2 rings (SSSR count). The van der Waals surface area contributed by atoms with Gasteiger partial charge >= 0.3 is 0 Å². The summed E-state index contributed by atoms with van der Waals surface area (Å²) in [4.78, 5) is 0. The Hall–Kier alpha value is -1.61. The third-order valence-corrected chi connectivity index (χ3v) is 3.89. The van der Waals surface area contributed by atoms with E-state index < -0.39 is 0 Å². The smallest absolute Gasteiger partial charge is 0.0595 e. The summed E-state index contributed by atoms with van der Waals surface area (Å²) in [5.41, 5.74) is 14.7. The average Bonchev–Trinajstić information content (AvgIpc) is 2.68. The first kappa shape index (κ1) is 12.8. The SMILES string of the molecule is Cc1cc(C)c(C)c(-c2cnn(C)c2CN)c1C. The second-order valence-corrected chi connectivity index (χ2v) is 4.97. The Morgan fingerprint density at radius 1 is 1.11 bits per heavy atom. The monoisotopic (exact) mass is 243 g/mol. The molecule has 0 aliphatic rings. The van der Waals surface area contributed by atoms with Crippen molar-refractivity contribution in [3.63, 3.8) is 0 Å². The minimum atomic E-state index is 0.512. The van der Waals surface area contributed by atoms with Crippen LogP contribution in [-0.4, -0.2) is 9.78 Å². The van der Waals surface area contributed by atoms with Gasteiger partial charge in [0, 0.05) is 19.2 Å². The summed E-state index contributed by atoms with van der Waals surface area (Å²) in [6.07, 6.45) is 1.93. The van der Waals surface area contributed by atoms with Crippen LogP contribution in [0.25, 0.3) is 11.1 Å². The molecule has 0 unspecified atom stereocenters. The molecule has 2 aromatic rings. The maximum atomic E-state index is 5.85. The molecular weight excluding hydrogens is 222 g/mol. The van der Waals surface area contributed by atoms with Crippen molar-refractivity contribution in [1.29, 1.82) is 0 Å². The van der Waals surface area contributed by atoms with Crippen LogP contribution in [0.2, 0.25) is 0 Å². The molecule has 0 atom stereocenters. The van der Waals surface area contributed by atoms with Crippen LogP contribution in [0.4, 0.5) is 0 Å². The molecule has 3 heteroatoms. The number of nitrogens with two attached hydrogens (primary N) is 1. The van der Waals surface area contributed by atoms with Gasteiger partial charge in [-0.3, -0.25) is 4.68 Å². The van der Waals surface area contributed by atoms with Crippen molar-refractivity contribution in [3.05, 3.63) is 40.2 Å². The van der Waals surface area contributed by atoms with Gasteiger partial charge in [0.25, 0.3) is 0 Å². The first-order chi connectivity index (χ1) is 8.47. The van der Waals surface area contributed by atoms with E-state index >= 15 is 0 Å². The predicted molar refractivity (Wildman–Crippen MR) is 75.5 cm³/mol. The van der Waals surface area contributed by atoms with Crippen molar-refractivity contribution in [1.82, 2.24) is 9.78 Å². The van der Waals surface area contributed by atoms with Gasteiger partial charge in [-0.25, -0.2) is 0 Å². The molecule has 1 heterocycles. The molecule has 0 amide bonds. The zero-order valence-corrected chi connectivity index (χ0v) is 11.8. The third-order valence-electron chi connectivity index (χ3n) is 3.89. The van der Waals surface area contributed by atoms with Crippen LogP contribution >= 0.6 is 0 Å². The second-order valence-electron chi connectivity index (χ2n) is 4.97. The van der Waals surface area contributed by atoms with E-state index in [1.807, 2.05) is 17.9 Å². The summed E-state index contributed by atoms with van der Waals surface area (Å²) in [6.45, 7) is 9.17. The molecule has 0 aliphatic heterocycles. The number of nitrogens with zero attached hydrogens (tertiary/aromatic N) is 2. The van der Waals surface area contributed by atoms with Crippen molar-refractivity contribution in [2.24, 2.45) is 12.8 Å². The zero-order valence-electron chi connectivity index (χ0n) is 11.8. The standard InChI is InChI=1S/C15H21N3/c1-9-6-10(2)12(4)15(11(9)3)13-8-17-18(5)14(13)7-16/h6,8H,7,16H2,1-5H3. The second kappa shape index (κ2) is 4.58. The number of rotatable bonds is 2. The number of aromatic nitrogens is 2. The molecule has 1 aromatic carbocycles. The van der Waals surface area contributed by atoms with Crippen LogP contribution in [0.15, 0.2) is 12.3 Å². The van der Waals surface area contributed by atoms with Crippen LogP contribution in [-0.2, 0) is 13.6 Å². The van der Waals surface area contributed by atoms with Crippen LogP contribution < -0.4 is 5.73 Å². The van der Waals surface area contributed by atoms with E-state index in [9.17, 15) is 0 Å². The highest BCUT2D eigenvalue weighted by Gasteiger charge is 2.16. The molecule has 1 aromatic heterocycles. The predicted octanol–water partition coefficient (Wildman–Crippen LogP) is 2.78. The summed E-state index contributed by atoms with van der Waals surface area (Å²) in [7, 11) is 1.94. The van der Waals surface area contributed by atoms with Gasteiger partial charge in [-0.05, 0) is 55.5 Å². The first-order valence-electron chi connectivity index (χ1n) is 6.26. The fourth-order valence-electron chi connectivity index (χ4n) is 2.53. The van der Waals surface area contributed by atoms with Crippen LogP contribution in [0.1, 0.15) is 27.9 Å². The van der Waals surface area contributed by atoms with Crippen LogP contribution in [0.5, 0.6) is 0 Å². The highest BCUT2D eigenvalue weighted by molar-refractivity contribution is 5.74. The van der Waals surface area contributed by atoms with Crippen LogP contribution in [0, 0.1) is 27.7 Å². The molecule has 0 fully saturated rings. The highest BCUT2D eigenvalue weighted by Crippen LogP contribution is 2.33. The van der Waals surface area contributed by atoms with Gasteiger partial charge in [0.1, 0.15) is 0 Å². The van der Waals surface area contributed by atoms with E-state index in [2.05, 4.69) is 38.9 Å². The molecular formula is C15H21N3. The summed E-state index contributed by atoms with van der Waals surface area (Å²) in [5, 5.41) is 4.34. The largest absolute Gasteiger partial charge is 0.325 e. The quantitative estimate of drug-likeness (QED) is 0.881. The van der Waals surface area contributed by atoms with Gasteiger partial charge in [0.15, 0.2) is 0 Å². The molecule has 0 aliphatic carbocycles. The minimum Gasteiger partial charge on any atom is -0.325 e. The van der Waals surface area contributed by atoms with E-state index in [-0.39, 0.29) is 0 Å². The Balaban J connectivity index is 2.78. The number of aryl methyl sites for hydroxylation is 3. The first-order valence-corrected chi connectivity index (χ1v) is 6.26. The van der Waals surface area contributed by atoms with Crippen molar-refractivity contribution < 1.29 is 0 Å². The molecule has 96 valence electrons. The summed E-state index contributed by atoms with van der Waals surface area (Å²) < 4.78 is 1.87. The molecule has 0 saturated carbocycles. The van der Waals surface area contributed by atoms with Gasteiger partial charge in [-0.15, -0.1) is 0 Å². The molecule has 3 nitrogen and oxygen atoms in total. The van der Waals surface area contributed by atoms with E-state index in [4.69, 9.17) is 5.73 Å². The maximum Gasteiger partial charge on any atom is 0.0595 e. The van der Waals surface area contributed by atoms with Gasteiger partial charge in [-0.2, -0.15) is 5.10 Å². The molecule has 0 spiro atoms. The average molecular weight is 243 g/mol. The van der Waals surface area contributed by atoms with Crippen LogP contribution in [0.3, 0.4) is 0 Å². The van der Waals surface area contributed by atoms with Gasteiger partial charge in [-0.1, -0.05) is 6.07 Å². The topological polar surface area (TPSA) is 43.8 Å². The van der Waals surface area contributed by atoms with Gasteiger partial charge in [0.2, 0.25) is 0 Å². The van der Waals surface area contributed by atoms with Crippen molar-refractivity contribution in [3.8, 4) is 11.1 Å². The summed E-state index contributed by atoms with van der Waals surface area (Å²) >= 11 is 0. The minimum absolute atomic E-state index is 0.512. The lowest BCUT2D eigenvalue weighted by Crippen LogP contribution is -2.06. The molecule has 2 N–H and O–H groups in total. The summed E-state index contributed by atoms with van der Waals surface area (Å²) in [6, 6.07) is 2.24. The molecule has 18 heavy (non-hydrogen) atoms. The number of benzene rings is 1. The highest BCUT2D eigenvalue weighted by atomic mass is 15.3. The lowest BCUT2D eigenvalue weighted by atomic mass is 9.90. The Kier molecular flexibility index (Phi) is 3.26. The van der Waals surface area contributed by atoms with E-state index in [1.165, 1.54) is 33.4 Å². The van der Waals surface area contributed by atoms with E-state index in [1.54, 1.807) is 0 Å². The lowest BCUT2D eigenvalue weighted by Gasteiger charge is -2.15. The maximum absolute atomic E-state index is 5.85. The zero-order chi connectivity index (χ0) is 13.4. The molecule has 0 radical (unpaired) electrons. The van der Waals surface area contributed by atoms with Crippen molar-refractivity contribution in [2.75, 3.05) is 0 Å². The van der Waals surface area contributed by atoms with Gasteiger partial charge in [0.05, 0.1) is 11.9 Å². The van der Waals surface area contributed by atoms with Gasteiger partial charge < -0.3 is 5.73 Å². The van der Waals surface area contributed by atoms with E-state index in [0.29, 0.717) is 6.54 Å². The molecule has 0 bridgehead atoms. The Labute approximate surface area is 109 Å². The number of hydrogen-bond acceptors (Lipinski definition) is 2. The van der Waals surface area contributed by atoms with E-state index in [0.717, 1.165) is 5.69 Å². The Bertz CT molecular complexity index is 568.